The third-order valence-corrected chi connectivity index (χ3v) is 3.98. The summed E-state index contributed by atoms with van der Waals surface area (Å²) in [7, 11) is -0.722. The highest BCUT2D eigenvalue weighted by Crippen LogP contribution is 2.37. The third-order valence-electron chi connectivity index (χ3n) is 3.98. The predicted octanol–water partition coefficient (Wildman–Crippen LogP) is 1.98. The van der Waals surface area contributed by atoms with Crippen molar-refractivity contribution < 1.29 is 24.1 Å². The molecule has 0 aromatic heterocycles. The Kier molecular flexibility index (Phi) is 3.88. The zero-order chi connectivity index (χ0) is 16.7. The van der Waals surface area contributed by atoms with Gasteiger partial charge in [-0.05, 0) is 39.2 Å². The van der Waals surface area contributed by atoms with Crippen LogP contribution in [0, 0.1) is 10.1 Å². The maximum absolute atomic E-state index is 11.0. The lowest BCUT2D eigenvalue weighted by atomic mass is 9.79. The summed E-state index contributed by atoms with van der Waals surface area (Å²) in [6.07, 6.45) is -1.38. The van der Waals surface area contributed by atoms with Crippen molar-refractivity contribution in [3.63, 3.8) is 0 Å². The van der Waals surface area contributed by atoms with Gasteiger partial charge in [-0.1, -0.05) is 6.07 Å². The molecule has 0 aliphatic carbocycles. The molecule has 1 saturated heterocycles. The largest absolute Gasteiger partial charge is 0.494 e. The average Bonchev–Trinajstić information content (AvgIpc) is 2.57. The molecule has 1 aromatic carbocycles. The first-order valence-corrected chi connectivity index (χ1v) is 6.67. The van der Waals surface area contributed by atoms with E-state index >= 15 is 0 Å². The summed E-state index contributed by atoms with van der Waals surface area (Å²) >= 11 is 0. The minimum atomic E-state index is -1.38. The molecular weight excluding hydrogens is 291 g/mol. The Hall–Kier alpha value is -2.13. The van der Waals surface area contributed by atoms with Gasteiger partial charge in [-0.2, -0.15) is 0 Å². The summed E-state index contributed by atoms with van der Waals surface area (Å²) < 4.78 is 11.7. The van der Waals surface area contributed by atoms with Gasteiger partial charge < -0.3 is 14.4 Å². The van der Waals surface area contributed by atoms with Gasteiger partial charge in [-0.15, -0.1) is 0 Å². The van der Waals surface area contributed by atoms with Crippen molar-refractivity contribution in [2.45, 2.75) is 38.9 Å². The second kappa shape index (κ2) is 5.26. The van der Waals surface area contributed by atoms with Gasteiger partial charge >= 0.3 is 13.2 Å². The van der Waals surface area contributed by atoms with Gasteiger partial charge in [0.1, 0.15) is 5.69 Å². The van der Waals surface area contributed by atoms with Crippen molar-refractivity contribution >= 4 is 30.0 Å². The van der Waals surface area contributed by atoms with E-state index in [0.29, 0.717) is 5.46 Å². The fraction of sp³-hybridized carbons (Fsp3) is 0.462. The molecule has 1 fully saturated rings. The zero-order valence-electron chi connectivity index (χ0n) is 12.7. The van der Waals surface area contributed by atoms with E-state index in [4.69, 9.17) is 14.4 Å². The van der Waals surface area contributed by atoms with Crippen LogP contribution in [0.25, 0.3) is 0 Å². The second-order valence-electron chi connectivity index (χ2n) is 6.05. The van der Waals surface area contributed by atoms with E-state index in [0.717, 1.165) is 0 Å². The Balaban J connectivity index is 2.38. The standard InChI is InChI=1S/C13H17BN2O6/c1-12(2)13(3,4)22-14(21-12)8-5-6-10(16(19)20)9(7-8)15-11(17)18/h5-7,15H,1-4H3,(H,17,18). The highest BCUT2D eigenvalue weighted by atomic mass is 16.7. The second-order valence-corrected chi connectivity index (χ2v) is 6.05. The lowest BCUT2D eigenvalue weighted by molar-refractivity contribution is -0.383. The smallest absolute Gasteiger partial charge is 0.465 e. The third kappa shape index (κ3) is 2.90. The number of anilines is 1. The van der Waals surface area contributed by atoms with Crippen LogP contribution < -0.4 is 10.8 Å². The summed E-state index contributed by atoms with van der Waals surface area (Å²) in [4.78, 5) is 21.1. The molecule has 0 radical (unpaired) electrons. The van der Waals surface area contributed by atoms with Gasteiger partial charge in [0.25, 0.3) is 5.69 Å². The van der Waals surface area contributed by atoms with E-state index in [-0.39, 0.29) is 11.4 Å². The number of carbonyl (C=O) groups is 1. The maximum Gasteiger partial charge on any atom is 0.494 e. The minimum Gasteiger partial charge on any atom is -0.465 e. The Labute approximate surface area is 127 Å². The van der Waals surface area contributed by atoms with Crippen LogP contribution in [0.5, 0.6) is 0 Å². The predicted molar refractivity (Wildman–Crippen MR) is 80.5 cm³/mol. The molecular formula is C13H17BN2O6. The van der Waals surface area contributed by atoms with Crippen molar-refractivity contribution in [3.05, 3.63) is 28.3 Å². The van der Waals surface area contributed by atoms with Crippen molar-refractivity contribution in [1.29, 1.82) is 0 Å². The fourth-order valence-electron chi connectivity index (χ4n) is 2.05. The molecule has 118 valence electrons. The number of nitro groups is 1. The Morgan fingerprint density at radius 3 is 2.27 bits per heavy atom. The van der Waals surface area contributed by atoms with E-state index in [1.807, 2.05) is 33.0 Å². The maximum atomic E-state index is 11.0. The van der Waals surface area contributed by atoms with E-state index in [9.17, 15) is 14.9 Å². The van der Waals surface area contributed by atoms with Crippen molar-refractivity contribution in [1.82, 2.24) is 0 Å². The minimum absolute atomic E-state index is 0.121. The normalized spacial score (nSPS) is 19.0. The molecule has 2 rings (SSSR count). The molecule has 2 N–H and O–H groups in total. The van der Waals surface area contributed by atoms with Gasteiger partial charge in [0.15, 0.2) is 0 Å². The van der Waals surface area contributed by atoms with Crippen LogP contribution in [0.2, 0.25) is 0 Å². The summed E-state index contributed by atoms with van der Waals surface area (Å²) in [6, 6.07) is 4.08. The molecule has 1 aliphatic rings. The number of amides is 1. The molecule has 1 amide bonds. The first kappa shape index (κ1) is 16.2. The molecule has 1 aromatic rings. The SMILES string of the molecule is CC1(C)OB(c2ccc([N+](=O)[O-])c(NC(=O)O)c2)OC1(C)C. The molecule has 0 saturated carbocycles. The van der Waals surface area contributed by atoms with Crippen LogP contribution in [0.4, 0.5) is 16.2 Å². The number of nitrogens with zero attached hydrogens (tertiary/aromatic N) is 1. The Bertz CT molecular complexity index is 615. The zero-order valence-corrected chi connectivity index (χ0v) is 12.7. The topological polar surface area (TPSA) is 111 Å². The quantitative estimate of drug-likeness (QED) is 0.502. The number of hydrogen-bond acceptors (Lipinski definition) is 5. The van der Waals surface area contributed by atoms with Gasteiger partial charge in [-0.3, -0.25) is 15.4 Å². The Morgan fingerprint density at radius 1 is 1.27 bits per heavy atom. The van der Waals surface area contributed by atoms with Gasteiger partial charge in [-0.25, -0.2) is 4.79 Å². The van der Waals surface area contributed by atoms with Gasteiger partial charge in [0, 0.05) is 6.07 Å². The number of rotatable bonds is 3. The van der Waals surface area contributed by atoms with Crippen LogP contribution in [0.1, 0.15) is 27.7 Å². The monoisotopic (exact) mass is 308 g/mol. The lowest BCUT2D eigenvalue weighted by Crippen LogP contribution is -2.41. The van der Waals surface area contributed by atoms with Crippen molar-refractivity contribution in [3.8, 4) is 0 Å². The van der Waals surface area contributed by atoms with E-state index in [1.165, 1.54) is 18.2 Å². The van der Waals surface area contributed by atoms with E-state index in [1.54, 1.807) is 0 Å². The molecule has 9 heteroatoms. The van der Waals surface area contributed by atoms with E-state index in [2.05, 4.69) is 0 Å². The summed E-state index contributed by atoms with van der Waals surface area (Å²) in [5.74, 6) is 0. The van der Waals surface area contributed by atoms with Gasteiger partial charge in [0.05, 0.1) is 16.1 Å². The number of nitrogens with one attached hydrogen (secondary N) is 1. The van der Waals surface area contributed by atoms with Gasteiger partial charge in [0.2, 0.25) is 0 Å². The van der Waals surface area contributed by atoms with Crippen molar-refractivity contribution in [2.75, 3.05) is 5.32 Å². The van der Waals surface area contributed by atoms with Crippen LogP contribution in [-0.4, -0.2) is 34.4 Å². The molecule has 22 heavy (non-hydrogen) atoms. The molecule has 8 nitrogen and oxygen atoms in total. The highest BCUT2D eigenvalue weighted by molar-refractivity contribution is 6.62. The molecule has 0 spiro atoms. The Morgan fingerprint density at radius 2 is 1.82 bits per heavy atom. The fourth-order valence-corrected chi connectivity index (χ4v) is 2.05. The molecule has 0 atom stereocenters. The van der Waals surface area contributed by atoms with Crippen LogP contribution in [0.15, 0.2) is 18.2 Å². The van der Waals surface area contributed by atoms with Crippen LogP contribution in [-0.2, 0) is 9.31 Å². The summed E-state index contributed by atoms with van der Waals surface area (Å²) in [5, 5.41) is 21.8. The number of benzene rings is 1. The number of hydrogen-bond donors (Lipinski definition) is 2. The van der Waals surface area contributed by atoms with Crippen molar-refractivity contribution in [2.24, 2.45) is 0 Å². The first-order valence-electron chi connectivity index (χ1n) is 6.67. The molecule has 0 unspecified atom stereocenters. The summed E-state index contributed by atoms with van der Waals surface area (Å²) in [5.41, 5.74) is -1.06. The highest BCUT2D eigenvalue weighted by Gasteiger charge is 2.51. The summed E-state index contributed by atoms with van der Waals surface area (Å²) in [6.45, 7) is 7.53. The van der Waals surface area contributed by atoms with E-state index < -0.39 is 29.3 Å². The molecule has 1 heterocycles. The molecule has 1 aliphatic heterocycles. The van der Waals surface area contributed by atoms with Crippen LogP contribution in [0.3, 0.4) is 0 Å². The average molecular weight is 308 g/mol. The lowest BCUT2D eigenvalue weighted by Gasteiger charge is -2.32. The first-order chi connectivity index (χ1) is 10.0. The van der Waals surface area contributed by atoms with Crippen LogP contribution >= 0.6 is 0 Å². The number of carboxylic acid groups (broad SMARTS) is 1. The molecule has 0 bridgehead atoms. The number of nitro benzene ring substituents is 1.